The molecule has 0 fully saturated rings. The molecule has 0 unspecified atom stereocenters. The van der Waals surface area contributed by atoms with Crippen molar-refractivity contribution in [2.75, 3.05) is 7.11 Å². The maximum absolute atomic E-state index is 10.2. The number of aliphatic hydroxyl groups excluding tert-OH is 1. The van der Waals surface area contributed by atoms with Gasteiger partial charge in [-0.05, 0) is 6.42 Å². The average molecular weight is 117 g/mol. The summed E-state index contributed by atoms with van der Waals surface area (Å²) in [5.74, 6) is -0.296. The highest BCUT2D eigenvalue weighted by Crippen LogP contribution is 1.91. The molecule has 0 amide bonds. The van der Waals surface area contributed by atoms with Crippen molar-refractivity contribution >= 4 is 5.97 Å². The van der Waals surface area contributed by atoms with Gasteiger partial charge in [0.1, 0.15) is 0 Å². The van der Waals surface area contributed by atoms with Crippen LogP contribution in [0.25, 0.3) is 0 Å². The van der Waals surface area contributed by atoms with Gasteiger partial charge < -0.3 is 9.84 Å². The Labute approximate surface area is 48.3 Å². The summed E-state index contributed by atoms with van der Waals surface area (Å²) in [7, 11) is 1.32. The summed E-state index contributed by atoms with van der Waals surface area (Å²) < 4.78 is 4.28. The first-order valence-corrected chi connectivity index (χ1v) is 2.34. The lowest BCUT2D eigenvalue weighted by Crippen LogP contribution is -1.98. The van der Waals surface area contributed by atoms with E-state index in [-0.39, 0.29) is 12.4 Å². The van der Waals surface area contributed by atoms with E-state index in [1.807, 2.05) is 0 Å². The zero-order valence-corrected chi connectivity index (χ0v) is 4.76. The molecule has 0 aliphatic rings. The molecule has 0 atom stereocenters. The molecule has 3 heteroatoms. The smallest absolute Gasteiger partial charge is 0.305 e. The zero-order chi connectivity index (χ0) is 6.41. The first kappa shape index (κ1) is 7.43. The fourth-order valence-corrected chi connectivity index (χ4v) is 0.284. The van der Waals surface area contributed by atoms with Gasteiger partial charge in [-0.15, -0.1) is 0 Å². The molecule has 0 aromatic heterocycles. The Morgan fingerprint density at radius 2 is 2.50 bits per heavy atom. The Morgan fingerprint density at radius 1 is 1.88 bits per heavy atom. The predicted molar refractivity (Wildman–Crippen MR) is 27.5 cm³/mol. The van der Waals surface area contributed by atoms with Gasteiger partial charge in [0, 0.05) is 6.42 Å². The summed E-state index contributed by atoms with van der Waals surface area (Å²) in [6, 6.07) is 0. The molecule has 3 nitrogen and oxygen atoms in total. The molecule has 47 valence electrons. The van der Waals surface area contributed by atoms with Crippen molar-refractivity contribution < 1.29 is 14.6 Å². The van der Waals surface area contributed by atoms with Gasteiger partial charge in [-0.1, -0.05) is 0 Å². The van der Waals surface area contributed by atoms with Crippen molar-refractivity contribution in [1.29, 1.82) is 0 Å². The second-order valence-electron chi connectivity index (χ2n) is 1.30. The summed E-state index contributed by atoms with van der Waals surface area (Å²) in [5, 5.41) is 8.08. The van der Waals surface area contributed by atoms with E-state index in [0.29, 0.717) is 6.42 Å². The molecule has 0 rings (SSSR count). The maximum Gasteiger partial charge on any atom is 0.305 e. The van der Waals surface area contributed by atoms with Crippen LogP contribution in [0, 0.1) is 6.61 Å². The molecule has 0 aliphatic carbocycles. The van der Waals surface area contributed by atoms with E-state index in [1.54, 1.807) is 0 Å². The highest BCUT2D eigenvalue weighted by molar-refractivity contribution is 5.69. The summed E-state index contributed by atoms with van der Waals surface area (Å²) in [4.78, 5) is 10.2. The number of carbonyl (C=O) groups is 1. The first-order valence-electron chi connectivity index (χ1n) is 2.34. The Kier molecular flexibility index (Phi) is 4.26. The lowest BCUT2D eigenvalue weighted by atomic mass is 10.3. The molecule has 0 aromatic rings. The van der Waals surface area contributed by atoms with Crippen LogP contribution in [0.1, 0.15) is 12.8 Å². The zero-order valence-electron chi connectivity index (χ0n) is 4.76. The lowest BCUT2D eigenvalue weighted by molar-refractivity contribution is -0.140. The van der Waals surface area contributed by atoms with E-state index in [9.17, 15) is 4.79 Å². The quantitative estimate of drug-likeness (QED) is 0.546. The molecule has 0 saturated heterocycles. The van der Waals surface area contributed by atoms with Gasteiger partial charge in [-0.3, -0.25) is 4.79 Å². The van der Waals surface area contributed by atoms with Gasteiger partial charge in [0.05, 0.1) is 13.7 Å². The number of rotatable bonds is 3. The Hall–Kier alpha value is -0.570. The van der Waals surface area contributed by atoms with E-state index < -0.39 is 0 Å². The van der Waals surface area contributed by atoms with E-state index in [4.69, 9.17) is 5.11 Å². The average Bonchev–Trinajstić information content (AvgIpc) is 1.83. The number of hydrogen-bond donors (Lipinski definition) is 1. The third-order valence-electron chi connectivity index (χ3n) is 0.705. The molecular weight excluding hydrogens is 108 g/mol. The fourth-order valence-electron chi connectivity index (χ4n) is 0.284. The van der Waals surface area contributed by atoms with Crippen molar-refractivity contribution in [3.8, 4) is 0 Å². The first-order chi connectivity index (χ1) is 3.81. The Balaban J connectivity index is 2.99. The van der Waals surface area contributed by atoms with Crippen LogP contribution in [0.15, 0.2) is 0 Å². The summed E-state index contributed by atoms with van der Waals surface area (Å²) >= 11 is 0. The SMILES string of the molecule is COC(=O)CC[CH]O. The third-order valence-corrected chi connectivity index (χ3v) is 0.705. The van der Waals surface area contributed by atoms with Crippen LogP contribution in [-0.4, -0.2) is 18.2 Å². The van der Waals surface area contributed by atoms with Crippen molar-refractivity contribution in [3.63, 3.8) is 0 Å². The minimum atomic E-state index is -0.296. The molecular formula is C5H9O3. The molecule has 0 aliphatic heterocycles. The summed E-state index contributed by atoms with van der Waals surface area (Å²) in [6.45, 7) is 0.941. The van der Waals surface area contributed by atoms with Gasteiger partial charge >= 0.3 is 5.97 Å². The van der Waals surface area contributed by atoms with Crippen LogP contribution in [0.5, 0.6) is 0 Å². The monoisotopic (exact) mass is 117 g/mol. The normalized spacial score (nSPS) is 8.75. The molecule has 8 heavy (non-hydrogen) atoms. The maximum atomic E-state index is 10.2. The van der Waals surface area contributed by atoms with Gasteiger partial charge in [0.2, 0.25) is 0 Å². The van der Waals surface area contributed by atoms with Crippen LogP contribution in [0.2, 0.25) is 0 Å². The Bertz CT molecular complexity index is 70.1. The van der Waals surface area contributed by atoms with E-state index in [0.717, 1.165) is 6.61 Å². The number of hydrogen-bond acceptors (Lipinski definition) is 3. The molecule has 0 aromatic carbocycles. The van der Waals surface area contributed by atoms with Gasteiger partial charge in [0.15, 0.2) is 0 Å². The van der Waals surface area contributed by atoms with Crippen LogP contribution in [-0.2, 0) is 9.53 Å². The van der Waals surface area contributed by atoms with E-state index >= 15 is 0 Å². The second-order valence-corrected chi connectivity index (χ2v) is 1.30. The van der Waals surface area contributed by atoms with Gasteiger partial charge in [-0.25, -0.2) is 0 Å². The largest absolute Gasteiger partial charge is 0.469 e. The number of ether oxygens (including phenoxy) is 1. The van der Waals surface area contributed by atoms with Crippen molar-refractivity contribution in [1.82, 2.24) is 0 Å². The molecule has 0 heterocycles. The van der Waals surface area contributed by atoms with Crippen molar-refractivity contribution in [2.45, 2.75) is 12.8 Å². The van der Waals surface area contributed by atoms with Crippen LogP contribution in [0.3, 0.4) is 0 Å². The number of esters is 1. The van der Waals surface area contributed by atoms with Crippen molar-refractivity contribution in [2.24, 2.45) is 0 Å². The van der Waals surface area contributed by atoms with E-state index in [1.165, 1.54) is 7.11 Å². The van der Waals surface area contributed by atoms with Crippen LogP contribution < -0.4 is 0 Å². The second kappa shape index (κ2) is 4.59. The van der Waals surface area contributed by atoms with E-state index in [2.05, 4.69) is 4.74 Å². The highest BCUT2D eigenvalue weighted by Gasteiger charge is 1.96. The van der Waals surface area contributed by atoms with Gasteiger partial charge in [0.25, 0.3) is 0 Å². The van der Waals surface area contributed by atoms with Gasteiger partial charge in [-0.2, -0.15) is 0 Å². The topological polar surface area (TPSA) is 46.5 Å². The standard InChI is InChI=1S/C5H9O3/c1-8-5(7)3-2-4-6/h4,6H,2-3H2,1H3. The Morgan fingerprint density at radius 3 is 2.88 bits per heavy atom. The number of methoxy groups -OCH3 is 1. The van der Waals surface area contributed by atoms with Crippen LogP contribution >= 0.6 is 0 Å². The number of carbonyl (C=O) groups excluding carboxylic acids is 1. The lowest BCUT2D eigenvalue weighted by Gasteiger charge is -1.93. The summed E-state index contributed by atoms with van der Waals surface area (Å²) in [5.41, 5.74) is 0. The highest BCUT2D eigenvalue weighted by atomic mass is 16.5. The molecule has 0 saturated carbocycles. The minimum absolute atomic E-state index is 0.257. The molecule has 1 N–H and O–H groups in total. The number of aliphatic hydroxyl groups is 1. The van der Waals surface area contributed by atoms with Crippen molar-refractivity contribution in [3.05, 3.63) is 6.61 Å². The molecule has 0 bridgehead atoms. The fraction of sp³-hybridized carbons (Fsp3) is 0.600. The minimum Gasteiger partial charge on any atom is -0.469 e. The third kappa shape index (κ3) is 3.61. The predicted octanol–water partition coefficient (Wildman–Crippen LogP) is 0.474. The molecule has 0 spiro atoms. The summed E-state index contributed by atoms with van der Waals surface area (Å²) in [6.07, 6.45) is 0.625. The van der Waals surface area contributed by atoms with Crippen LogP contribution in [0.4, 0.5) is 0 Å². The molecule has 1 radical (unpaired) electrons.